The van der Waals surface area contributed by atoms with Gasteiger partial charge in [-0.2, -0.15) is 0 Å². The molecule has 12 heteroatoms. The maximum Gasteiger partial charge on any atom is 0.270 e. The van der Waals surface area contributed by atoms with Crippen LogP contribution in [0.3, 0.4) is 0 Å². The SMILES string of the molecule is COc1cncnc1NS(=O)(=O)c1ccc(NC(=O)c2cccc([N+](=O)[O-])c2)cc1. The number of anilines is 2. The highest BCUT2D eigenvalue weighted by atomic mass is 32.2. The number of benzene rings is 2. The summed E-state index contributed by atoms with van der Waals surface area (Å²) in [5.74, 6) is -0.435. The molecule has 3 rings (SSSR count). The molecule has 1 amide bonds. The van der Waals surface area contributed by atoms with Gasteiger partial charge in [0.1, 0.15) is 6.33 Å². The first-order valence-electron chi connectivity index (χ1n) is 8.33. The van der Waals surface area contributed by atoms with Crippen molar-refractivity contribution in [2.45, 2.75) is 4.90 Å². The first kappa shape index (κ1) is 20.7. The van der Waals surface area contributed by atoms with E-state index in [0.29, 0.717) is 5.69 Å². The van der Waals surface area contributed by atoms with Gasteiger partial charge >= 0.3 is 0 Å². The van der Waals surface area contributed by atoms with Gasteiger partial charge in [0.05, 0.1) is 23.1 Å². The van der Waals surface area contributed by atoms with E-state index < -0.39 is 20.9 Å². The number of nitrogens with zero attached hydrogens (tertiary/aromatic N) is 3. The van der Waals surface area contributed by atoms with E-state index in [4.69, 9.17) is 4.74 Å². The van der Waals surface area contributed by atoms with Crippen LogP contribution in [0.15, 0.2) is 66.0 Å². The van der Waals surface area contributed by atoms with Crippen molar-refractivity contribution in [3.05, 3.63) is 76.7 Å². The Balaban J connectivity index is 1.75. The summed E-state index contributed by atoms with van der Waals surface area (Å²) in [4.78, 5) is 30.0. The molecule has 30 heavy (non-hydrogen) atoms. The number of carbonyl (C=O) groups excluding carboxylic acids is 1. The molecule has 0 aliphatic carbocycles. The van der Waals surface area contributed by atoms with E-state index >= 15 is 0 Å². The molecule has 3 aromatic rings. The molecular formula is C18H15N5O6S. The number of nitro benzene ring substituents is 1. The van der Waals surface area contributed by atoms with Gasteiger partial charge in [-0.25, -0.2) is 18.4 Å². The monoisotopic (exact) mass is 429 g/mol. The zero-order valence-corrected chi connectivity index (χ0v) is 16.3. The molecule has 2 aromatic carbocycles. The van der Waals surface area contributed by atoms with Gasteiger partial charge in [0, 0.05) is 23.4 Å². The zero-order chi connectivity index (χ0) is 21.7. The smallest absolute Gasteiger partial charge is 0.270 e. The average Bonchev–Trinajstić information content (AvgIpc) is 2.74. The Hall–Kier alpha value is -4.06. The molecule has 1 heterocycles. The number of nitro groups is 1. The summed E-state index contributed by atoms with van der Waals surface area (Å²) >= 11 is 0. The summed E-state index contributed by atoms with van der Waals surface area (Å²) in [6, 6.07) is 10.6. The topological polar surface area (TPSA) is 153 Å². The third-order valence-electron chi connectivity index (χ3n) is 3.87. The Bertz CT molecular complexity index is 1200. The number of hydrogen-bond acceptors (Lipinski definition) is 8. The molecule has 11 nitrogen and oxygen atoms in total. The minimum absolute atomic E-state index is 0.0180. The minimum Gasteiger partial charge on any atom is -0.491 e. The lowest BCUT2D eigenvalue weighted by atomic mass is 10.2. The number of sulfonamides is 1. The summed E-state index contributed by atoms with van der Waals surface area (Å²) in [5.41, 5.74) is 0.193. The minimum atomic E-state index is -3.97. The van der Waals surface area contributed by atoms with Crippen molar-refractivity contribution in [2.75, 3.05) is 17.1 Å². The molecule has 0 bridgehead atoms. The second-order valence-electron chi connectivity index (χ2n) is 5.83. The van der Waals surface area contributed by atoms with Crippen LogP contribution in [0.5, 0.6) is 5.75 Å². The van der Waals surface area contributed by atoms with E-state index in [1.807, 2.05) is 0 Å². The van der Waals surface area contributed by atoms with Gasteiger partial charge in [-0.15, -0.1) is 0 Å². The fourth-order valence-electron chi connectivity index (χ4n) is 2.41. The van der Waals surface area contributed by atoms with E-state index in [0.717, 1.165) is 6.07 Å². The van der Waals surface area contributed by atoms with Crippen LogP contribution in [0.2, 0.25) is 0 Å². The standard InChI is InChI=1S/C18H15N5O6S/c1-29-16-10-19-11-20-17(16)22-30(27,28)15-7-5-13(6-8-15)21-18(24)12-3-2-4-14(9-12)23(25)26/h2-11H,1H3,(H,21,24)(H,19,20,22). The van der Waals surface area contributed by atoms with Crippen molar-refractivity contribution in [3.8, 4) is 5.75 Å². The van der Waals surface area contributed by atoms with Crippen LogP contribution in [0.4, 0.5) is 17.2 Å². The largest absolute Gasteiger partial charge is 0.491 e. The molecule has 0 radical (unpaired) electrons. The Morgan fingerprint density at radius 3 is 2.57 bits per heavy atom. The normalized spacial score (nSPS) is 10.8. The van der Waals surface area contributed by atoms with Crippen LogP contribution >= 0.6 is 0 Å². The average molecular weight is 429 g/mol. The summed E-state index contributed by atoms with van der Waals surface area (Å²) < 4.78 is 32.4. The van der Waals surface area contributed by atoms with Gasteiger partial charge < -0.3 is 10.1 Å². The van der Waals surface area contributed by atoms with Crippen molar-refractivity contribution in [1.29, 1.82) is 0 Å². The molecule has 154 valence electrons. The number of ether oxygens (including phenoxy) is 1. The number of methoxy groups -OCH3 is 1. The molecule has 0 spiro atoms. The van der Waals surface area contributed by atoms with E-state index in [-0.39, 0.29) is 27.7 Å². The quantitative estimate of drug-likeness (QED) is 0.429. The predicted molar refractivity (Wildman–Crippen MR) is 107 cm³/mol. The number of aromatic nitrogens is 2. The van der Waals surface area contributed by atoms with Gasteiger partial charge in [-0.3, -0.25) is 19.6 Å². The van der Waals surface area contributed by atoms with E-state index in [9.17, 15) is 23.3 Å². The zero-order valence-electron chi connectivity index (χ0n) is 15.5. The summed E-state index contributed by atoms with van der Waals surface area (Å²) in [5, 5.41) is 13.4. The fourth-order valence-corrected chi connectivity index (χ4v) is 3.43. The first-order valence-corrected chi connectivity index (χ1v) is 9.81. The van der Waals surface area contributed by atoms with Crippen LogP contribution in [-0.2, 0) is 10.0 Å². The molecule has 0 aliphatic rings. The number of non-ortho nitro benzene ring substituents is 1. The third-order valence-corrected chi connectivity index (χ3v) is 5.23. The van der Waals surface area contributed by atoms with Crippen LogP contribution in [0, 0.1) is 10.1 Å². The molecule has 0 atom stereocenters. The lowest BCUT2D eigenvalue weighted by Gasteiger charge is -2.11. The second kappa shape index (κ2) is 8.53. The number of hydrogen-bond donors (Lipinski definition) is 2. The van der Waals surface area contributed by atoms with Crippen molar-refractivity contribution < 1.29 is 22.9 Å². The third kappa shape index (κ3) is 4.67. The lowest BCUT2D eigenvalue weighted by molar-refractivity contribution is -0.384. The summed E-state index contributed by atoms with van der Waals surface area (Å²) in [7, 11) is -2.61. The highest BCUT2D eigenvalue weighted by Gasteiger charge is 2.18. The van der Waals surface area contributed by atoms with Crippen molar-refractivity contribution >= 4 is 33.1 Å². The Morgan fingerprint density at radius 1 is 1.17 bits per heavy atom. The van der Waals surface area contributed by atoms with Gasteiger partial charge in [0.2, 0.25) is 0 Å². The molecule has 0 aliphatic heterocycles. The van der Waals surface area contributed by atoms with E-state index in [1.165, 1.54) is 62.1 Å². The Kier molecular flexibility index (Phi) is 5.88. The van der Waals surface area contributed by atoms with Gasteiger partial charge in [0.25, 0.3) is 21.6 Å². The highest BCUT2D eigenvalue weighted by molar-refractivity contribution is 7.92. The molecule has 0 unspecified atom stereocenters. The second-order valence-corrected chi connectivity index (χ2v) is 7.51. The van der Waals surface area contributed by atoms with E-state index in [1.54, 1.807) is 0 Å². The summed E-state index contributed by atoms with van der Waals surface area (Å²) in [6.07, 6.45) is 2.49. The first-order chi connectivity index (χ1) is 14.3. The van der Waals surface area contributed by atoms with Crippen LogP contribution < -0.4 is 14.8 Å². The number of rotatable bonds is 7. The predicted octanol–water partition coefficient (Wildman–Crippen LogP) is 2.45. The fraction of sp³-hybridized carbons (Fsp3) is 0.0556. The molecule has 0 saturated heterocycles. The van der Waals surface area contributed by atoms with Crippen LogP contribution in [-0.4, -0.2) is 36.3 Å². The van der Waals surface area contributed by atoms with Crippen LogP contribution in [0.1, 0.15) is 10.4 Å². The highest BCUT2D eigenvalue weighted by Crippen LogP contribution is 2.23. The van der Waals surface area contributed by atoms with Gasteiger partial charge in [0.15, 0.2) is 11.6 Å². The van der Waals surface area contributed by atoms with E-state index in [2.05, 4.69) is 20.0 Å². The molecular weight excluding hydrogens is 414 g/mol. The number of amides is 1. The van der Waals surface area contributed by atoms with Crippen molar-refractivity contribution in [3.63, 3.8) is 0 Å². The molecule has 0 fully saturated rings. The number of carbonyl (C=O) groups is 1. The van der Waals surface area contributed by atoms with Crippen LogP contribution in [0.25, 0.3) is 0 Å². The molecule has 0 saturated carbocycles. The van der Waals surface area contributed by atoms with Crippen molar-refractivity contribution in [1.82, 2.24) is 9.97 Å². The number of nitrogens with one attached hydrogen (secondary N) is 2. The Labute approximate surface area is 171 Å². The van der Waals surface area contributed by atoms with Gasteiger partial charge in [-0.1, -0.05) is 6.07 Å². The lowest BCUT2D eigenvalue weighted by Crippen LogP contribution is -2.15. The maximum atomic E-state index is 12.5. The van der Waals surface area contributed by atoms with Crippen molar-refractivity contribution in [2.24, 2.45) is 0 Å². The Morgan fingerprint density at radius 2 is 1.90 bits per heavy atom. The molecule has 2 N–H and O–H groups in total. The van der Waals surface area contributed by atoms with Gasteiger partial charge in [-0.05, 0) is 30.3 Å². The maximum absolute atomic E-state index is 12.5. The molecule has 1 aromatic heterocycles. The summed E-state index contributed by atoms with van der Waals surface area (Å²) in [6.45, 7) is 0.